The van der Waals surface area contributed by atoms with Gasteiger partial charge in [-0.25, -0.2) is 9.59 Å². The number of hydrogen-bond donors (Lipinski definition) is 3. The van der Waals surface area contributed by atoms with Gasteiger partial charge < -0.3 is 30.0 Å². The summed E-state index contributed by atoms with van der Waals surface area (Å²) in [5, 5.41) is 15.6. The zero-order chi connectivity index (χ0) is 30.2. The van der Waals surface area contributed by atoms with Crippen molar-refractivity contribution in [2.24, 2.45) is 11.8 Å². The van der Waals surface area contributed by atoms with Gasteiger partial charge in [-0.1, -0.05) is 68.0 Å². The number of rotatable bonds is 16. The van der Waals surface area contributed by atoms with E-state index < -0.39 is 47.9 Å². The third-order valence-electron chi connectivity index (χ3n) is 6.57. The highest BCUT2D eigenvalue weighted by Gasteiger charge is 2.28. The summed E-state index contributed by atoms with van der Waals surface area (Å²) in [6.45, 7) is 6.97. The van der Waals surface area contributed by atoms with Gasteiger partial charge in [-0.2, -0.15) is 0 Å². The van der Waals surface area contributed by atoms with Crippen LogP contribution in [0.5, 0.6) is 0 Å². The van der Waals surface area contributed by atoms with Gasteiger partial charge in [-0.05, 0) is 32.3 Å². The SMILES string of the molecule is COC(=O)[C@H](C)NC(=O)CC[C@@H](NC(=O)[C@@H](C)[C@H](O)/C=C/C(C)=C/[C@H](C)[C@H](Cc1ccccc1)OC)C(=O)OC. The summed E-state index contributed by atoms with van der Waals surface area (Å²) in [4.78, 5) is 48.6. The molecule has 0 heterocycles. The molecule has 0 radical (unpaired) electrons. The van der Waals surface area contributed by atoms with E-state index in [1.807, 2.05) is 31.2 Å². The van der Waals surface area contributed by atoms with Gasteiger partial charge in [0.25, 0.3) is 0 Å². The number of amides is 2. The van der Waals surface area contributed by atoms with E-state index in [4.69, 9.17) is 9.47 Å². The van der Waals surface area contributed by atoms with Crippen molar-refractivity contribution < 1.29 is 38.5 Å². The minimum atomic E-state index is -1.12. The molecule has 0 aromatic heterocycles. The largest absolute Gasteiger partial charge is 0.467 e. The van der Waals surface area contributed by atoms with Gasteiger partial charge in [-0.15, -0.1) is 0 Å². The van der Waals surface area contributed by atoms with Gasteiger partial charge in [-0.3, -0.25) is 9.59 Å². The number of benzene rings is 1. The van der Waals surface area contributed by atoms with Crippen molar-refractivity contribution in [1.82, 2.24) is 10.6 Å². The van der Waals surface area contributed by atoms with Gasteiger partial charge in [0, 0.05) is 19.4 Å². The third-order valence-corrected chi connectivity index (χ3v) is 6.57. The highest BCUT2D eigenvalue weighted by Crippen LogP contribution is 2.17. The molecule has 1 aromatic rings. The van der Waals surface area contributed by atoms with Crippen molar-refractivity contribution in [2.45, 2.75) is 71.2 Å². The number of allylic oxidation sites excluding steroid dienone is 2. The summed E-state index contributed by atoms with van der Waals surface area (Å²) in [6, 6.07) is 8.12. The molecule has 0 aliphatic heterocycles. The summed E-state index contributed by atoms with van der Waals surface area (Å²) in [5.74, 6) is -3.18. The smallest absolute Gasteiger partial charge is 0.328 e. The normalized spacial score (nSPS) is 16.2. The molecule has 0 unspecified atom stereocenters. The fourth-order valence-corrected chi connectivity index (χ4v) is 4.00. The fraction of sp³-hybridized carbons (Fsp3) is 0.533. The Bertz CT molecular complexity index is 1020. The van der Waals surface area contributed by atoms with Crippen molar-refractivity contribution in [3.05, 3.63) is 59.7 Å². The molecule has 0 fully saturated rings. The lowest BCUT2D eigenvalue weighted by Gasteiger charge is -2.21. The first-order valence-corrected chi connectivity index (χ1v) is 13.3. The Morgan fingerprint density at radius 1 is 0.950 bits per heavy atom. The van der Waals surface area contributed by atoms with Crippen LogP contribution in [-0.4, -0.2) is 74.5 Å². The number of aliphatic hydroxyl groups is 1. The summed E-state index contributed by atoms with van der Waals surface area (Å²) >= 11 is 0. The number of aliphatic hydroxyl groups excluding tert-OH is 1. The lowest BCUT2D eigenvalue weighted by molar-refractivity contribution is -0.147. The van der Waals surface area contributed by atoms with E-state index in [-0.39, 0.29) is 24.9 Å². The molecule has 0 aliphatic carbocycles. The second kappa shape index (κ2) is 18.0. The second-order valence-electron chi connectivity index (χ2n) is 9.81. The summed E-state index contributed by atoms with van der Waals surface area (Å²) in [5.41, 5.74) is 2.08. The molecule has 1 aromatic carbocycles. The Morgan fingerprint density at radius 2 is 1.57 bits per heavy atom. The van der Waals surface area contributed by atoms with Crippen LogP contribution >= 0.6 is 0 Å². The van der Waals surface area contributed by atoms with Crippen LogP contribution in [0.4, 0.5) is 0 Å². The molecule has 6 atom stereocenters. The lowest BCUT2D eigenvalue weighted by atomic mass is 9.95. The quantitative estimate of drug-likeness (QED) is 0.207. The van der Waals surface area contributed by atoms with Crippen LogP contribution in [0.2, 0.25) is 0 Å². The maximum absolute atomic E-state index is 12.8. The first-order chi connectivity index (χ1) is 18.9. The zero-order valence-electron chi connectivity index (χ0n) is 24.5. The highest BCUT2D eigenvalue weighted by molar-refractivity contribution is 5.87. The van der Waals surface area contributed by atoms with Gasteiger partial charge in [0.05, 0.1) is 32.3 Å². The standard InChI is InChI=1S/C30H44N2O8/c1-19(17-20(2)26(38-5)18-23-11-9-8-10-12-23)13-15-25(33)21(3)28(35)32-24(30(37)40-7)14-16-27(34)31-22(4)29(36)39-6/h8-13,15,17,20-22,24-26,33H,14,16,18H2,1-7H3,(H,31,34)(H,32,35)/b15-13+,19-17+/t20-,21-,22-,24+,25+,26-/m0/s1. The summed E-state index contributed by atoms with van der Waals surface area (Å²) in [7, 11) is 4.07. The molecule has 3 N–H and O–H groups in total. The monoisotopic (exact) mass is 560 g/mol. The van der Waals surface area contributed by atoms with Crippen molar-refractivity contribution in [2.75, 3.05) is 21.3 Å². The van der Waals surface area contributed by atoms with Gasteiger partial charge in [0.15, 0.2) is 0 Å². The molecular formula is C30H44N2O8. The lowest BCUT2D eigenvalue weighted by Crippen LogP contribution is -2.46. The Kier molecular flexibility index (Phi) is 15.5. The molecule has 0 spiro atoms. The minimum Gasteiger partial charge on any atom is -0.467 e. The van der Waals surface area contributed by atoms with Gasteiger partial charge in [0.2, 0.25) is 11.8 Å². The van der Waals surface area contributed by atoms with Crippen molar-refractivity contribution in [3.63, 3.8) is 0 Å². The number of esters is 2. The van der Waals surface area contributed by atoms with Crippen LogP contribution in [-0.2, 0) is 39.8 Å². The first-order valence-electron chi connectivity index (χ1n) is 13.3. The van der Waals surface area contributed by atoms with Crippen molar-refractivity contribution in [3.8, 4) is 0 Å². The van der Waals surface area contributed by atoms with Crippen LogP contribution in [0.1, 0.15) is 46.1 Å². The van der Waals surface area contributed by atoms with E-state index in [2.05, 4.69) is 34.4 Å². The third kappa shape index (κ3) is 12.1. The van der Waals surface area contributed by atoms with Crippen LogP contribution in [0.15, 0.2) is 54.1 Å². The van der Waals surface area contributed by atoms with Crippen molar-refractivity contribution in [1.29, 1.82) is 0 Å². The van der Waals surface area contributed by atoms with E-state index in [9.17, 15) is 24.3 Å². The number of ether oxygens (including phenoxy) is 3. The first kappa shape index (κ1) is 34.5. The summed E-state index contributed by atoms with van der Waals surface area (Å²) < 4.78 is 15.0. The maximum atomic E-state index is 12.8. The van der Waals surface area contributed by atoms with Gasteiger partial charge in [0.1, 0.15) is 12.1 Å². The highest BCUT2D eigenvalue weighted by atomic mass is 16.5. The van der Waals surface area contributed by atoms with E-state index in [1.165, 1.54) is 39.7 Å². The van der Waals surface area contributed by atoms with Crippen LogP contribution < -0.4 is 10.6 Å². The Morgan fingerprint density at radius 3 is 2.15 bits per heavy atom. The van der Waals surface area contributed by atoms with E-state index in [1.54, 1.807) is 13.2 Å². The zero-order valence-corrected chi connectivity index (χ0v) is 24.5. The van der Waals surface area contributed by atoms with Crippen molar-refractivity contribution >= 4 is 23.8 Å². The topological polar surface area (TPSA) is 140 Å². The number of methoxy groups -OCH3 is 3. The molecule has 40 heavy (non-hydrogen) atoms. The molecule has 222 valence electrons. The van der Waals surface area contributed by atoms with E-state index in [0.29, 0.717) is 0 Å². The Hall–Kier alpha value is -3.50. The second-order valence-corrected chi connectivity index (χ2v) is 9.81. The van der Waals surface area contributed by atoms with E-state index >= 15 is 0 Å². The average Bonchev–Trinajstić information content (AvgIpc) is 2.95. The predicted molar refractivity (Wildman–Crippen MR) is 151 cm³/mol. The fourth-order valence-electron chi connectivity index (χ4n) is 4.00. The molecular weight excluding hydrogens is 516 g/mol. The number of hydrogen-bond acceptors (Lipinski definition) is 8. The van der Waals surface area contributed by atoms with Crippen LogP contribution in [0.3, 0.4) is 0 Å². The Labute approximate surface area is 237 Å². The molecule has 1 rings (SSSR count). The van der Waals surface area contributed by atoms with Crippen LogP contribution in [0.25, 0.3) is 0 Å². The van der Waals surface area contributed by atoms with E-state index in [0.717, 1.165) is 12.0 Å². The molecule has 0 aliphatic rings. The molecule has 0 bridgehead atoms. The number of carbonyl (C=O) groups is 4. The van der Waals surface area contributed by atoms with Gasteiger partial charge >= 0.3 is 11.9 Å². The number of carbonyl (C=O) groups excluding carboxylic acids is 4. The maximum Gasteiger partial charge on any atom is 0.328 e. The molecule has 10 heteroatoms. The Balaban J connectivity index is 2.73. The predicted octanol–water partition coefficient (Wildman–Crippen LogP) is 2.50. The summed E-state index contributed by atoms with van der Waals surface area (Å²) in [6.07, 6.45) is 4.73. The van der Waals surface area contributed by atoms with Crippen LogP contribution in [0, 0.1) is 11.8 Å². The molecule has 2 amide bonds. The molecule has 0 saturated heterocycles. The number of nitrogens with one attached hydrogen (secondary N) is 2. The molecule has 0 saturated carbocycles. The molecule has 10 nitrogen and oxygen atoms in total. The minimum absolute atomic E-state index is 0.0265. The average molecular weight is 561 g/mol.